The summed E-state index contributed by atoms with van der Waals surface area (Å²) in [5.74, 6) is 0.0416. The first kappa shape index (κ1) is 28.6. The van der Waals surface area contributed by atoms with E-state index in [1.165, 1.54) is 0 Å². The van der Waals surface area contributed by atoms with Crippen LogP contribution in [0.25, 0.3) is 11.0 Å². The Labute approximate surface area is 220 Å². The zero-order valence-corrected chi connectivity index (χ0v) is 21.6. The number of aryl methyl sites for hydroxylation is 1. The largest absolute Gasteiger partial charge is 0.483 e. The van der Waals surface area contributed by atoms with Crippen LogP contribution in [-0.4, -0.2) is 88.1 Å². The van der Waals surface area contributed by atoms with Crippen molar-refractivity contribution in [1.29, 1.82) is 0 Å². The summed E-state index contributed by atoms with van der Waals surface area (Å²) < 4.78 is 29.2. The van der Waals surface area contributed by atoms with Crippen LogP contribution < -0.4 is 9.47 Å². The van der Waals surface area contributed by atoms with Gasteiger partial charge in [0.25, 0.3) is 0 Å². The fourth-order valence-electron chi connectivity index (χ4n) is 5.06. The Morgan fingerprint density at radius 1 is 0.974 bits per heavy atom. The Morgan fingerprint density at radius 2 is 1.74 bits per heavy atom. The summed E-state index contributed by atoms with van der Waals surface area (Å²) in [7, 11) is 0. The number of hydrogen-bond acceptors (Lipinski definition) is 11. The molecule has 1 aliphatic heterocycles. The number of esters is 1. The molecule has 0 bridgehead atoms. The fraction of sp³-hybridized carbons (Fsp3) is 0.667. The molecule has 0 spiro atoms. The van der Waals surface area contributed by atoms with Crippen molar-refractivity contribution >= 4 is 16.9 Å². The first-order valence-corrected chi connectivity index (χ1v) is 13.3. The number of aliphatic hydroxyl groups is 5. The van der Waals surface area contributed by atoms with E-state index in [1.807, 2.05) is 0 Å². The van der Waals surface area contributed by atoms with E-state index in [9.17, 15) is 30.3 Å². The summed E-state index contributed by atoms with van der Waals surface area (Å²) in [4.78, 5) is 12.2. The Bertz CT molecular complexity index is 1060. The van der Waals surface area contributed by atoms with Gasteiger partial charge in [-0.1, -0.05) is 6.42 Å². The third-order valence-electron chi connectivity index (χ3n) is 7.14. The van der Waals surface area contributed by atoms with Crippen molar-refractivity contribution in [2.45, 2.75) is 95.1 Å². The minimum Gasteiger partial charge on any atom is -0.483 e. The third-order valence-corrected chi connectivity index (χ3v) is 7.14. The lowest BCUT2D eigenvalue weighted by Crippen LogP contribution is -2.60. The van der Waals surface area contributed by atoms with Crippen LogP contribution in [0, 0.1) is 0 Å². The zero-order valence-electron chi connectivity index (χ0n) is 21.6. The van der Waals surface area contributed by atoms with Crippen LogP contribution in [0.1, 0.15) is 56.6 Å². The van der Waals surface area contributed by atoms with Crippen LogP contribution in [0.2, 0.25) is 0 Å². The van der Waals surface area contributed by atoms with Crippen molar-refractivity contribution in [2.24, 2.45) is 0 Å². The van der Waals surface area contributed by atoms with E-state index >= 15 is 0 Å². The van der Waals surface area contributed by atoms with E-state index in [0.717, 1.165) is 37.7 Å². The van der Waals surface area contributed by atoms with Gasteiger partial charge in [-0.25, -0.2) is 0 Å². The molecule has 38 heavy (non-hydrogen) atoms. The minimum atomic E-state index is -1.63. The molecule has 2 aliphatic rings. The molecule has 0 radical (unpaired) electrons. The van der Waals surface area contributed by atoms with Gasteiger partial charge >= 0.3 is 5.97 Å². The van der Waals surface area contributed by atoms with Crippen molar-refractivity contribution in [2.75, 3.05) is 19.8 Å². The number of fused-ring (bicyclic) bond motifs is 1. The summed E-state index contributed by atoms with van der Waals surface area (Å²) in [5, 5.41) is 51.0. The molecule has 2 fully saturated rings. The van der Waals surface area contributed by atoms with Gasteiger partial charge in [0.2, 0.25) is 12.0 Å². The van der Waals surface area contributed by atoms with E-state index < -0.39 is 43.3 Å². The number of hydrogen-bond donors (Lipinski definition) is 5. The number of carbonyl (C=O) groups is 1. The molecule has 212 valence electrons. The predicted octanol–water partition coefficient (Wildman–Crippen LogP) is 1.35. The van der Waals surface area contributed by atoms with Gasteiger partial charge in [-0.05, 0) is 57.1 Å². The maximum atomic E-state index is 12.2. The van der Waals surface area contributed by atoms with Crippen molar-refractivity contribution in [3.05, 3.63) is 23.5 Å². The number of aliphatic hydroxyl groups excluding tert-OH is 5. The monoisotopic (exact) mass is 538 g/mol. The number of furan rings is 1. The zero-order chi connectivity index (χ0) is 27.2. The maximum absolute atomic E-state index is 12.2. The number of carbonyl (C=O) groups excluding carboxylic acids is 1. The number of ether oxygens (including phenoxy) is 4. The average Bonchev–Trinajstić information content (AvgIpc) is 3.32. The highest BCUT2D eigenvalue weighted by Gasteiger charge is 2.45. The predicted molar refractivity (Wildman–Crippen MR) is 134 cm³/mol. The molecule has 1 aromatic carbocycles. The molecule has 0 unspecified atom stereocenters. The van der Waals surface area contributed by atoms with Gasteiger partial charge in [0, 0.05) is 24.0 Å². The molecular formula is C27H38O11. The molecular weight excluding hydrogens is 500 g/mol. The quantitative estimate of drug-likeness (QED) is 0.262. The molecule has 5 atom stereocenters. The highest BCUT2D eigenvalue weighted by molar-refractivity contribution is 5.90. The molecule has 2 aromatic rings. The van der Waals surface area contributed by atoms with Crippen LogP contribution >= 0.6 is 0 Å². The highest BCUT2D eigenvalue weighted by atomic mass is 16.7. The molecule has 11 nitrogen and oxygen atoms in total. The molecule has 1 saturated heterocycles. The van der Waals surface area contributed by atoms with Crippen LogP contribution in [0.4, 0.5) is 0 Å². The van der Waals surface area contributed by atoms with Gasteiger partial charge < -0.3 is 48.9 Å². The van der Waals surface area contributed by atoms with Crippen molar-refractivity contribution in [1.82, 2.24) is 0 Å². The topological polar surface area (TPSA) is 168 Å². The highest BCUT2D eigenvalue weighted by Crippen LogP contribution is 2.44. The van der Waals surface area contributed by atoms with E-state index in [2.05, 4.69) is 0 Å². The summed E-state index contributed by atoms with van der Waals surface area (Å²) in [6, 6.07) is 1.79. The van der Waals surface area contributed by atoms with Crippen LogP contribution in [-0.2, 0) is 27.1 Å². The molecule has 1 saturated carbocycles. The Morgan fingerprint density at radius 3 is 2.42 bits per heavy atom. The molecule has 5 N–H and O–H groups in total. The summed E-state index contributed by atoms with van der Waals surface area (Å²) >= 11 is 0. The molecule has 2 heterocycles. The molecule has 1 aliphatic carbocycles. The smallest absolute Gasteiger partial charge is 0.306 e. The van der Waals surface area contributed by atoms with Crippen LogP contribution in [0.3, 0.4) is 0 Å². The lowest BCUT2D eigenvalue weighted by atomic mass is 9.97. The van der Waals surface area contributed by atoms with E-state index in [0.29, 0.717) is 23.0 Å². The van der Waals surface area contributed by atoms with Crippen molar-refractivity contribution in [3.63, 3.8) is 0 Å². The molecule has 4 rings (SSSR count). The van der Waals surface area contributed by atoms with Gasteiger partial charge in [-0.3, -0.25) is 4.79 Å². The molecule has 0 amide bonds. The number of benzene rings is 1. The maximum Gasteiger partial charge on any atom is 0.306 e. The molecule has 1 aromatic heterocycles. The third kappa shape index (κ3) is 6.24. The summed E-state index contributed by atoms with van der Waals surface area (Å²) in [6.07, 6.45) is -0.598. The second kappa shape index (κ2) is 13.1. The SMILES string of the molecule is CCOC(=O)CCc1cc2c(CCO)coc2c(OC2CCCCC2)c1O[C@H]1O[C@H](CO)[C@@H](O)[C@H](O)[C@H]1O. The van der Waals surface area contributed by atoms with Gasteiger partial charge in [0.1, 0.15) is 24.4 Å². The second-order valence-electron chi connectivity index (χ2n) is 9.80. The van der Waals surface area contributed by atoms with Gasteiger partial charge in [-0.2, -0.15) is 0 Å². The first-order valence-electron chi connectivity index (χ1n) is 13.3. The van der Waals surface area contributed by atoms with Gasteiger partial charge in [-0.15, -0.1) is 0 Å². The fourth-order valence-corrected chi connectivity index (χ4v) is 5.06. The second-order valence-corrected chi connectivity index (χ2v) is 9.80. The van der Waals surface area contributed by atoms with Crippen molar-refractivity contribution in [3.8, 4) is 11.5 Å². The number of rotatable bonds is 11. The summed E-state index contributed by atoms with van der Waals surface area (Å²) in [6.45, 7) is 1.27. The van der Waals surface area contributed by atoms with E-state index in [4.69, 9.17) is 23.4 Å². The molecule has 11 heteroatoms. The first-order chi connectivity index (χ1) is 18.4. The van der Waals surface area contributed by atoms with Crippen LogP contribution in [0.15, 0.2) is 16.7 Å². The minimum absolute atomic E-state index is 0.0421. The lowest BCUT2D eigenvalue weighted by molar-refractivity contribution is -0.277. The Balaban J connectivity index is 1.78. The van der Waals surface area contributed by atoms with Gasteiger partial charge in [0.05, 0.1) is 25.6 Å². The Kier molecular flexibility index (Phi) is 9.85. The van der Waals surface area contributed by atoms with Crippen LogP contribution in [0.5, 0.6) is 11.5 Å². The van der Waals surface area contributed by atoms with E-state index in [-0.39, 0.29) is 43.7 Å². The standard InChI is InChI=1S/C27H38O11/c1-2-34-20(30)9-8-15-12-18-16(10-11-28)14-35-25(18)26(36-17-6-4-3-5-7-17)24(15)38-27-23(33)22(32)21(31)19(13-29)37-27/h12,14,17,19,21-23,27-29,31-33H,2-11,13H2,1H3/t19-,21-,22+,23-,27-/m1/s1. The van der Waals surface area contributed by atoms with Gasteiger partial charge in [0.15, 0.2) is 11.3 Å². The summed E-state index contributed by atoms with van der Waals surface area (Å²) in [5.41, 5.74) is 1.69. The average molecular weight is 539 g/mol. The lowest BCUT2D eigenvalue weighted by Gasteiger charge is -2.40. The van der Waals surface area contributed by atoms with E-state index in [1.54, 1.807) is 19.3 Å². The van der Waals surface area contributed by atoms with Crippen molar-refractivity contribution < 1.29 is 53.7 Å². The Hall–Kier alpha value is -2.41. The normalized spacial score (nSPS) is 26.4.